The maximum Gasteiger partial charge on any atom is 0.354 e. The second-order valence-electron chi connectivity index (χ2n) is 4.58. The summed E-state index contributed by atoms with van der Waals surface area (Å²) in [5.41, 5.74) is 6.65. The van der Waals surface area contributed by atoms with Crippen LogP contribution in [0.15, 0.2) is 53.7 Å². The van der Waals surface area contributed by atoms with Gasteiger partial charge in [-0.2, -0.15) is 10.1 Å². The second-order valence-corrected chi connectivity index (χ2v) is 4.58. The van der Waals surface area contributed by atoms with Crippen LogP contribution in [-0.4, -0.2) is 25.9 Å². The fourth-order valence-corrected chi connectivity index (χ4v) is 2.07. The van der Waals surface area contributed by atoms with E-state index in [0.717, 1.165) is 5.69 Å². The normalized spacial score (nSPS) is 10.6. The summed E-state index contributed by atoms with van der Waals surface area (Å²) in [7, 11) is 0. The Morgan fingerprint density at radius 3 is 2.59 bits per heavy atom. The fourth-order valence-electron chi connectivity index (χ4n) is 2.07. The average molecular weight is 297 g/mol. The van der Waals surface area contributed by atoms with Gasteiger partial charge in [0.2, 0.25) is 0 Å². The molecule has 0 saturated heterocycles. The number of hydrogen-bond donors (Lipinski definition) is 1. The number of aromatic nitrogens is 4. The molecule has 0 saturated carbocycles. The Balaban J connectivity index is 1.90. The maximum absolute atomic E-state index is 11.8. The lowest BCUT2D eigenvalue weighted by Gasteiger charge is -2.06. The highest BCUT2D eigenvalue weighted by molar-refractivity contribution is 5.42. The van der Waals surface area contributed by atoms with E-state index in [2.05, 4.69) is 10.1 Å². The van der Waals surface area contributed by atoms with E-state index < -0.39 is 5.69 Å². The first kappa shape index (κ1) is 13.9. The first-order valence-corrected chi connectivity index (χ1v) is 6.81. The van der Waals surface area contributed by atoms with Gasteiger partial charge >= 0.3 is 5.69 Å². The molecule has 112 valence electrons. The molecular weight excluding hydrogens is 282 g/mol. The molecule has 0 bridgehead atoms. The van der Waals surface area contributed by atoms with E-state index >= 15 is 0 Å². The standard InChI is InChI=1S/C15H15N5O2/c1-2-22-13-9-17-20(10-13)12-5-3-11(4-6-12)19-8-7-14(16)18-15(19)21/h3-10H,2H2,1H3,(H2,16,18,21). The van der Waals surface area contributed by atoms with Crippen LogP contribution >= 0.6 is 0 Å². The SMILES string of the molecule is CCOc1cnn(-c2ccc(-n3ccc(N)nc3=O)cc2)c1. The fraction of sp³-hybridized carbons (Fsp3) is 0.133. The molecular formula is C15H15N5O2. The molecule has 0 atom stereocenters. The van der Waals surface area contributed by atoms with Crippen molar-refractivity contribution in [3.8, 4) is 17.1 Å². The van der Waals surface area contributed by atoms with Gasteiger partial charge in [-0.05, 0) is 37.3 Å². The molecule has 7 nitrogen and oxygen atoms in total. The van der Waals surface area contributed by atoms with Gasteiger partial charge in [-0.25, -0.2) is 9.48 Å². The number of nitrogens with zero attached hydrogens (tertiary/aromatic N) is 4. The Morgan fingerprint density at radius 1 is 1.18 bits per heavy atom. The summed E-state index contributed by atoms with van der Waals surface area (Å²) in [5.74, 6) is 0.920. The maximum atomic E-state index is 11.8. The Bertz CT molecular complexity index is 836. The highest BCUT2D eigenvalue weighted by atomic mass is 16.5. The zero-order valence-electron chi connectivity index (χ0n) is 12.0. The summed E-state index contributed by atoms with van der Waals surface area (Å²) in [5, 5.41) is 4.23. The summed E-state index contributed by atoms with van der Waals surface area (Å²) in [6.45, 7) is 2.52. The lowest BCUT2D eigenvalue weighted by molar-refractivity contribution is 0.340. The quantitative estimate of drug-likeness (QED) is 0.786. The van der Waals surface area contributed by atoms with Crippen molar-refractivity contribution in [2.75, 3.05) is 12.3 Å². The highest BCUT2D eigenvalue weighted by Gasteiger charge is 2.04. The Kier molecular flexibility index (Phi) is 3.61. The molecule has 3 aromatic rings. The third kappa shape index (κ3) is 2.69. The lowest BCUT2D eigenvalue weighted by Crippen LogP contribution is -2.21. The second kappa shape index (κ2) is 5.72. The molecule has 0 spiro atoms. The van der Waals surface area contributed by atoms with Crippen LogP contribution in [0.5, 0.6) is 5.75 Å². The van der Waals surface area contributed by atoms with Gasteiger partial charge in [0.25, 0.3) is 0 Å². The molecule has 3 rings (SSSR count). The minimum Gasteiger partial charge on any atom is -0.491 e. The molecule has 7 heteroatoms. The van der Waals surface area contributed by atoms with Gasteiger partial charge < -0.3 is 10.5 Å². The molecule has 0 aliphatic carbocycles. The van der Waals surface area contributed by atoms with Crippen molar-refractivity contribution >= 4 is 5.82 Å². The molecule has 0 amide bonds. The van der Waals surface area contributed by atoms with Crippen LogP contribution in [0.2, 0.25) is 0 Å². The average Bonchev–Trinajstić information content (AvgIpc) is 2.97. The van der Waals surface area contributed by atoms with Gasteiger partial charge in [0.15, 0.2) is 5.75 Å². The van der Waals surface area contributed by atoms with Gasteiger partial charge in [-0.3, -0.25) is 4.57 Å². The summed E-state index contributed by atoms with van der Waals surface area (Å²) >= 11 is 0. The van der Waals surface area contributed by atoms with Crippen molar-refractivity contribution in [2.24, 2.45) is 0 Å². The van der Waals surface area contributed by atoms with Gasteiger partial charge in [0, 0.05) is 6.20 Å². The molecule has 22 heavy (non-hydrogen) atoms. The Morgan fingerprint density at radius 2 is 1.91 bits per heavy atom. The van der Waals surface area contributed by atoms with Crippen LogP contribution in [-0.2, 0) is 0 Å². The van der Waals surface area contributed by atoms with Crippen LogP contribution in [0.4, 0.5) is 5.82 Å². The minimum atomic E-state index is -0.412. The van der Waals surface area contributed by atoms with Gasteiger partial charge in [0.05, 0.1) is 30.4 Å². The summed E-state index contributed by atoms with van der Waals surface area (Å²) in [6.07, 6.45) is 5.06. The van der Waals surface area contributed by atoms with E-state index in [4.69, 9.17) is 10.5 Å². The predicted octanol–water partition coefficient (Wildman–Crippen LogP) is 1.40. The molecule has 0 aliphatic rings. The number of hydrogen-bond acceptors (Lipinski definition) is 5. The molecule has 2 aromatic heterocycles. The van der Waals surface area contributed by atoms with Crippen LogP contribution in [0.3, 0.4) is 0 Å². The first-order chi connectivity index (χ1) is 10.7. The van der Waals surface area contributed by atoms with Crippen molar-refractivity contribution in [2.45, 2.75) is 6.92 Å². The van der Waals surface area contributed by atoms with Crippen molar-refractivity contribution in [3.05, 3.63) is 59.4 Å². The van der Waals surface area contributed by atoms with E-state index in [1.807, 2.05) is 31.2 Å². The summed E-state index contributed by atoms with van der Waals surface area (Å²) in [6, 6.07) is 8.94. The van der Waals surface area contributed by atoms with E-state index in [-0.39, 0.29) is 5.82 Å². The Hall–Kier alpha value is -3.09. The zero-order chi connectivity index (χ0) is 15.5. The minimum absolute atomic E-state index is 0.206. The van der Waals surface area contributed by atoms with Gasteiger partial charge in [0.1, 0.15) is 5.82 Å². The summed E-state index contributed by atoms with van der Waals surface area (Å²) in [4.78, 5) is 15.5. The van der Waals surface area contributed by atoms with Crippen LogP contribution < -0.4 is 16.2 Å². The van der Waals surface area contributed by atoms with Crippen molar-refractivity contribution in [3.63, 3.8) is 0 Å². The molecule has 2 N–H and O–H groups in total. The molecule has 2 heterocycles. The number of nitrogens with two attached hydrogens (primary N) is 1. The van der Waals surface area contributed by atoms with Crippen LogP contribution in [0.25, 0.3) is 11.4 Å². The van der Waals surface area contributed by atoms with Crippen LogP contribution in [0.1, 0.15) is 6.92 Å². The smallest absolute Gasteiger partial charge is 0.354 e. The molecule has 0 aliphatic heterocycles. The monoisotopic (exact) mass is 297 g/mol. The number of benzene rings is 1. The predicted molar refractivity (Wildman–Crippen MR) is 82.5 cm³/mol. The van der Waals surface area contributed by atoms with Gasteiger partial charge in [-0.1, -0.05) is 0 Å². The largest absolute Gasteiger partial charge is 0.491 e. The van der Waals surface area contributed by atoms with E-state index in [1.165, 1.54) is 4.57 Å². The number of anilines is 1. The van der Waals surface area contributed by atoms with E-state index in [9.17, 15) is 4.79 Å². The van der Waals surface area contributed by atoms with E-state index in [0.29, 0.717) is 18.0 Å². The van der Waals surface area contributed by atoms with Crippen molar-refractivity contribution in [1.82, 2.24) is 19.3 Å². The zero-order valence-corrected chi connectivity index (χ0v) is 12.0. The molecule has 0 fully saturated rings. The molecule has 0 radical (unpaired) electrons. The third-order valence-electron chi connectivity index (χ3n) is 3.09. The lowest BCUT2D eigenvalue weighted by atomic mass is 10.3. The van der Waals surface area contributed by atoms with Crippen molar-refractivity contribution in [1.29, 1.82) is 0 Å². The first-order valence-electron chi connectivity index (χ1n) is 6.81. The number of nitrogen functional groups attached to an aromatic ring is 1. The topological polar surface area (TPSA) is 88.0 Å². The van der Waals surface area contributed by atoms with E-state index in [1.54, 1.807) is 29.3 Å². The highest BCUT2D eigenvalue weighted by Crippen LogP contribution is 2.15. The van der Waals surface area contributed by atoms with Gasteiger partial charge in [-0.15, -0.1) is 0 Å². The number of ether oxygens (including phenoxy) is 1. The Labute approximate surface area is 126 Å². The third-order valence-corrected chi connectivity index (χ3v) is 3.09. The van der Waals surface area contributed by atoms with Crippen LogP contribution in [0, 0.1) is 0 Å². The molecule has 0 unspecified atom stereocenters. The number of rotatable bonds is 4. The molecule has 1 aromatic carbocycles. The van der Waals surface area contributed by atoms with Crippen molar-refractivity contribution < 1.29 is 4.74 Å². The summed E-state index contributed by atoms with van der Waals surface area (Å²) < 4.78 is 8.51.